The lowest BCUT2D eigenvalue weighted by atomic mass is 9.91. The quantitative estimate of drug-likeness (QED) is 0.440. The van der Waals surface area contributed by atoms with Gasteiger partial charge in [0.2, 0.25) is 0 Å². The van der Waals surface area contributed by atoms with Crippen LogP contribution in [0.2, 0.25) is 0 Å². The lowest BCUT2D eigenvalue weighted by Gasteiger charge is -2.30. The minimum absolute atomic E-state index is 0. The number of nitrogens with two attached hydrogens (primary N) is 2. The van der Waals surface area contributed by atoms with Crippen molar-refractivity contribution in [1.29, 1.82) is 0 Å². The highest BCUT2D eigenvalue weighted by molar-refractivity contribution is 5.98. The van der Waals surface area contributed by atoms with Crippen molar-refractivity contribution in [3.05, 3.63) is 66.2 Å². The summed E-state index contributed by atoms with van der Waals surface area (Å²) in [6.45, 7) is 0. The fraction of sp³-hybridized carbons (Fsp3) is 0.261. The molecule has 2 atom stereocenters. The van der Waals surface area contributed by atoms with Gasteiger partial charge in [0, 0.05) is 23.8 Å². The van der Waals surface area contributed by atoms with Crippen LogP contribution < -0.4 is 22.1 Å². The average Bonchev–Trinajstić information content (AvgIpc) is 2.78. The summed E-state index contributed by atoms with van der Waals surface area (Å²) in [5.74, 6) is -1.22. The number of amides is 1. The Bertz CT molecular complexity index is 1080. The summed E-state index contributed by atoms with van der Waals surface area (Å²) in [7, 11) is 0. The van der Waals surface area contributed by atoms with Crippen molar-refractivity contribution in [2.24, 2.45) is 11.5 Å². The van der Waals surface area contributed by atoms with Gasteiger partial charge >= 0.3 is 0 Å². The lowest BCUT2D eigenvalue weighted by molar-refractivity contribution is 0.100. The summed E-state index contributed by atoms with van der Waals surface area (Å²) < 4.78 is 14.7. The second kappa shape index (κ2) is 10.4. The number of halogens is 2. The first kappa shape index (κ1) is 23.4. The number of anilines is 3. The minimum Gasteiger partial charge on any atom is -0.365 e. The number of carbonyl (C=O) groups is 1. The van der Waals surface area contributed by atoms with Gasteiger partial charge in [-0.25, -0.2) is 9.37 Å². The highest BCUT2D eigenvalue weighted by atomic mass is 35.5. The molecular weight excluding hydrogens is 431 g/mol. The van der Waals surface area contributed by atoms with E-state index in [4.69, 9.17) is 11.5 Å². The van der Waals surface area contributed by atoms with E-state index in [1.165, 1.54) is 0 Å². The Morgan fingerprint density at radius 3 is 2.50 bits per heavy atom. The first-order valence-electron chi connectivity index (χ1n) is 10.3. The Balaban J connectivity index is 0.00000289. The smallest absolute Gasteiger partial charge is 0.252 e. The number of rotatable bonds is 6. The number of primary amides is 1. The Labute approximate surface area is 192 Å². The normalized spacial score (nSPS) is 17.8. The summed E-state index contributed by atoms with van der Waals surface area (Å²) in [6.07, 6.45) is 7.15. The van der Waals surface area contributed by atoms with Crippen LogP contribution in [-0.4, -0.2) is 28.0 Å². The summed E-state index contributed by atoms with van der Waals surface area (Å²) in [5.41, 5.74) is 14.1. The highest BCUT2D eigenvalue weighted by Gasteiger charge is 2.24. The lowest BCUT2D eigenvalue weighted by Crippen LogP contribution is -2.43. The molecule has 7 nitrogen and oxygen atoms in total. The molecule has 4 rings (SSSR count). The Morgan fingerprint density at radius 2 is 1.78 bits per heavy atom. The van der Waals surface area contributed by atoms with E-state index in [1.54, 1.807) is 12.4 Å². The van der Waals surface area contributed by atoms with Gasteiger partial charge in [-0.3, -0.25) is 9.78 Å². The van der Waals surface area contributed by atoms with Gasteiger partial charge in [-0.2, -0.15) is 0 Å². The molecule has 2 heterocycles. The summed E-state index contributed by atoms with van der Waals surface area (Å²) in [4.78, 5) is 20.5. The van der Waals surface area contributed by atoms with Crippen LogP contribution in [-0.2, 0) is 0 Å². The van der Waals surface area contributed by atoms with E-state index >= 15 is 0 Å². The molecule has 1 aliphatic rings. The van der Waals surface area contributed by atoms with Crippen LogP contribution in [0.15, 0.2) is 54.9 Å². The van der Waals surface area contributed by atoms with Gasteiger partial charge in [-0.15, -0.1) is 12.4 Å². The van der Waals surface area contributed by atoms with Gasteiger partial charge in [0.15, 0.2) is 11.6 Å². The second-order valence-corrected chi connectivity index (χ2v) is 7.73. The van der Waals surface area contributed by atoms with Crippen molar-refractivity contribution in [2.75, 3.05) is 10.6 Å². The first-order chi connectivity index (χ1) is 15.0. The predicted molar refractivity (Wildman–Crippen MR) is 127 cm³/mol. The van der Waals surface area contributed by atoms with Crippen molar-refractivity contribution in [1.82, 2.24) is 9.97 Å². The molecule has 2 aromatic heterocycles. The molecule has 2 unspecified atom stereocenters. The zero-order chi connectivity index (χ0) is 21.8. The van der Waals surface area contributed by atoms with Gasteiger partial charge in [-0.05, 0) is 30.5 Å². The number of hydrogen-bond acceptors (Lipinski definition) is 6. The van der Waals surface area contributed by atoms with Crippen molar-refractivity contribution in [3.8, 4) is 11.1 Å². The molecule has 0 bridgehead atoms. The van der Waals surface area contributed by atoms with Crippen LogP contribution >= 0.6 is 12.4 Å². The number of aromatic nitrogens is 2. The molecule has 0 radical (unpaired) electrons. The molecule has 1 saturated carbocycles. The van der Waals surface area contributed by atoms with Crippen molar-refractivity contribution in [3.63, 3.8) is 0 Å². The zero-order valence-electron chi connectivity index (χ0n) is 17.4. The number of pyridine rings is 2. The summed E-state index contributed by atoms with van der Waals surface area (Å²) in [5, 5.41) is 6.18. The van der Waals surface area contributed by atoms with E-state index in [9.17, 15) is 9.18 Å². The van der Waals surface area contributed by atoms with Crippen LogP contribution in [0.5, 0.6) is 0 Å². The molecule has 1 fully saturated rings. The number of benzene rings is 1. The Kier molecular flexibility index (Phi) is 7.61. The van der Waals surface area contributed by atoms with Crippen molar-refractivity contribution >= 4 is 35.6 Å². The molecule has 0 spiro atoms. The SMILES string of the molecule is Cl.NC(=O)c1cc(F)c(NC2CCCCC2N)nc1Nc1cncc(-c2ccccc2)c1. The van der Waals surface area contributed by atoms with Gasteiger partial charge in [0.1, 0.15) is 5.82 Å². The van der Waals surface area contributed by atoms with Gasteiger partial charge in [-0.1, -0.05) is 43.2 Å². The van der Waals surface area contributed by atoms with E-state index in [0.29, 0.717) is 5.69 Å². The standard InChI is InChI=1S/C23H25FN6O.ClH/c24-18-11-17(21(26)31)22(30-23(18)29-20-9-5-4-8-19(20)25)28-16-10-15(12-27-13-16)14-6-2-1-3-7-14;/h1-3,6-7,10-13,19-20H,4-5,8-9,25H2,(H2,26,31)(H2,28,29,30);1H. The van der Waals surface area contributed by atoms with Crippen LogP contribution in [0.4, 0.5) is 21.7 Å². The molecule has 1 aliphatic carbocycles. The van der Waals surface area contributed by atoms with E-state index in [1.807, 2.05) is 36.4 Å². The van der Waals surface area contributed by atoms with Crippen LogP contribution in [0, 0.1) is 5.82 Å². The van der Waals surface area contributed by atoms with Crippen molar-refractivity contribution in [2.45, 2.75) is 37.8 Å². The fourth-order valence-corrected chi connectivity index (χ4v) is 3.82. The fourth-order valence-electron chi connectivity index (χ4n) is 3.82. The monoisotopic (exact) mass is 456 g/mol. The third kappa shape index (κ3) is 5.33. The molecular formula is C23H26ClFN6O. The molecule has 1 aromatic carbocycles. The predicted octanol–water partition coefficient (Wildman–Crippen LogP) is 4.23. The van der Waals surface area contributed by atoms with Crippen LogP contribution in [0.3, 0.4) is 0 Å². The van der Waals surface area contributed by atoms with Gasteiger partial charge in [0.25, 0.3) is 5.91 Å². The van der Waals surface area contributed by atoms with Gasteiger partial charge in [0.05, 0.1) is 17.4 Å². The third-order valence-electron chi connectivity index (χ3n) is 5.49. The van der Waals surface area contributed by atoms with E-state index in [2.05, 4.69) is 20.6 Å². The summed E-state index contributed by atoms with van der Waals surface area (Å²) in [6, 6.07) is 12.6. The topological polar surface area (TPSA) is 119 Å². The molecule has 6 N–H and O–H groups in total. The maximum atomic E-state index is 14.7. The second-order valence-electron chi connectivity index (χ2n) is 7.73. The minimum atomic E-state index is -0.776. The molecule has 168 valence electrons. The highest BCUT2D eigenvalue weighted by Crippen LogP contribution is 2.28. The molecule has 9 heteroatoms. The molecule has 0 aliphatic heterocycles. The Morgan fingerprint density at radius 1 is 1.03 bits per heavy atom. The largest absolute Gasteiger partial charge is 0.365 e. The zero-order valence-corrected chi connectivity index (χ0v) is 18.2. The maximum Gasteiger partial charge on any atom is 0.252 e. The van der Waals surface area contributed by atoms with Crippen LogP contribution in [0.1, 0.15) is 36.0 Å². The number of nitrogens with zero attached hydrogens (tertiary/aromatic N) is 2. The van der Waals surface area contributed by atoms with Crippen LogP contribution in [0.25, 0.3) is 11.1 Å². The average molecular weight is 457 g/mol. The Hall–Kier alpha value is -3.23. The number of carbonyl (C=O) groups excluding carboxylic acids is 1. The van der Waals surface area contributed by atoms with Crippen molar-refractivity contribution < 1.29 is 9.18 Å². The number of nitrogens with one attached hydrogen (secondary N) is 2. The molecule has 1 amide bonds. The number of hydrogen-bond donors (Lipinski definition) is 4. The third-order valence-corrected chi connectivity index (χ3v) is 5.49. The van der Waals surface area contributed by atoms with E-state index in [0.717, 1.165) is 42.9 Å². The summed E-state index contributed by atoms with van der Waals surface area (Å²) >= 11 is 0. The first-order valence-corrected chi connectivity index (χ1v) is 10.3. The van der Waals surface area contributed by atoms with E-state index < -0.39 is 11.7 Å². The molecule has 32 heavy (non-hydrogen) atoms. The molecule has 0 saturated heterocycles. The maximum absolute atomic E-state index is 14.7. The van der Waals surface area contributed by atoms with Gasteiger partial charge < -0.3 is 22.1 Å². The molecule has 3 aromatic rings. The van der Waals surface area contributed by atoms with E-state index in [-0.39, 0.29) is 41.7 Å².